The molecule has 0 aliphatic heterocycles. The predicted molar refractivity (Wildman–Crippen MR) is 235 cm³/mol. The Labute approximate surface area is 329 Å². The van der Waals surface area contributed by atoms with Crippen LogP contribution in [0, 0.1) is 0 Å². The van der Waals surface area contributed by atoms with Crippen molar-refractivity contribution in [1.29, 1.82) is 0 Å². The van der Waals surface area contributed by atoms with Crippen LogP contribution in [0.4, 0.5) is 17.1 Å². The Morgan fingerprint density at radius 1 is 0.268 bits per heavy atom. The van der Waals surface area contributed by atoms with Gasteiger partial charge in [0.1, 0.15) is 0 Å². The third-order valence-electron chi connectivity index (χ3n) is 11.3. The second-order valence-corrected chi connectivity index (χ2v) is 14.5. The van der Waals surface area contributed by atoms with Crippen molar-refractivity contribution in [3.63, 3.8) is 0 Å². The number of benzene rings is 9. The lowest BCUT2D eigenvalue weighted by atomic mass is 9.67. The standard InChI is InChI=1S/C55H39N/c1-6-19-40(20-7-1)42-33-35-47(36-34-42)56(48-30-18-25-44(37-48)41-21-8-2-9-22-41)54-39-53-51(38-50(54)43-23-10-3-11-24-43)49-31-16-17-32-52(49)55(53,45-26-12-4-13-27-45)46-28-14-5-15-29-46/h1-39H. The molecule has 0 fully saturated rings. The monoisotopic (exact) mass is 713 g/mol. The van der Waals surface area contributed by atoms with Gasteiger partial charge in [-0.2, -0.15) is 0 Å². The highest BCUT2D eigenvalue weighted by Crippen LogP contribution is 2.59. The fourth-order valence-corrected chi connectivity index (χ4v) is 8.83. The lowest BCUT2D eigenvalue weighted by Crippen LogP contribution is -2.28. The quantitative estimate of drug-likeness (QED) is 0.152. The minimum atomic E-state index is -0.535. The molecule has 1 nitrogen and oxygen atoms in total. The fourth-order valence-electron chi connectivity index (χ4n) is 8.83. The van der Waals surface area contributed by atoms with Crippen LogP contribution in [-0.2, 0) is 5.41 Å². The lowest BCUT2D eigenvalue weighted by Gasteiger charge is -2.35. The topological polar surface area (TPSA) is 3.24 Å². The first-order valence-corrected chi connectivity index (χ1v) is 19.3. The molecule has 0 radical (unpaired) electrons. The van der Waals surface area contributed by atoms with Gasteiger partial charge < -0.3 is 4.90 Å². The highest BCUT2D eigenvalue weighted by molar-refractivity contribution is 5.97. The highest BCUT2D eigenvalue weighted by atomic mass is 15.1. The minimum absolute atomic E-state index is 0.535. The number of hydrogen-bond donors (Lipinski definition) is 0. The molecule has 0 spiro atoms. The maximum Gasteiger partial charge on any atom is 0.0714 e. The summed E-state index contributed by atoms with van der Waals surface area (Å²) in [5.41, 5.74) is 17.5. The highest BCUT2D eigenvalue weighted by Gasteiger charge is 2.46. The maximum atomic E-state index is 2.50. The average Bonchev–Trinajstić information content (AvgIpc) is 3.58. The molecule has 1 aliphatic rings. The van der Waals surface area contributed by atoms with Crippen LogP contribution in [0.1, 0.15) is 22.3 Å². The van der Waals surface area contributed by atoms with Crippen molar-refractivity contribution in [3.05, 3.63) is 259 Å². The molecule has 1 heteroatoms. The van der Waals surface area contributed by atoms with Crippen LogP contribution in [0.15, 0.2) is 237 Å². The zero-order valence-corrected chi connectivity index (χ0v) is 31.0. The van der Waals surface area contributed by atoms with Crippen molar-refractivity contribution in [2.75, 3.05) is 4.90 Å². The molecule has 10 rings (SSSR count). The van der Waals surface area contributed by atoms with Crippen LogP contribution < -0.4 is 4.90 Å². The molecule has 0 amide bonds. The van der Waals surface area contributed by atoms with Crippen molar-refractivity contribution in [2.24, 2.45) is 0 Å². The van der Waals surface area contributed by atoms with E-state index in [9.17, 15) is 0 Å². The first-order valence-electron chi connectivity index (χ1n) is 19.3. The largest absolute Gasteiger partial charge is 0.310 e. The van der Waals surface area contributed by atoms with Gasteiger partial charge in [-0.25, -0.2) is 0 Å². The van der Waals surface area contributed by atoms with Crippen molar-refractivity contribution < 1.29 is 0 Å². The maximum absolute atomic E-state index is 2.50. The molecule has 0 unspecified atom stereocenters. The molecule has 0 atom stereocenters. The van der Waals surface area contributed by atoms with Crippen LogP contribution in [0.2, 0.25) is 0 Å². The first-order chi connectivity index (χ1) is 27.8. The van der Waals surface area contributed by atoms with Crippen LogP contribution in [0.3, 0.4) is 0 Å². The lowest BCUT2D eigenvalue weighted by molar-refractivity contribution is 0.768. The number of nitrogens with zero attached hydrogens (tertiary/aromatic N) is 1. The number of anilines is 3. The van der Waals surface area contributed by atoms with Crippen molar-refractivity contribution in [3.8, 4) is 44.5 Å². The molecular formula is C55H39N. The summed E-state index contributed by atoms with van der Waals surface area (Å²) in [6.07, 6.45) is 0. The van der Waals surface area contributed by atoms with Gasteiger partial charge in [-0.1, -0.05) is 200 Å². The van der Waals surface area contributed by atoms with E-state index in [0.717, 1.165) is 17.1 Å². The summed E-state index contributed by atoms with van der Waals surface area (Å²) in [7, 11) is 0. The van der Waals surface area contributed by atoms with E-state index in [1.165, 1.54) is 66.8 Å². The van der Waals surface area contributed by atoms with Crippen LogP contribution in [-0.4, -0.2) is 0 Å². The molecule has 0 heterocycles. The Hall–Kier alpha value is -7.22. The zero-order valence-electron chi connectivity index (χ0n) is 31.0. The minimum Gasteiger partial charge on any atom is -0.310 e. The molecule has 0 bridgehead atoms. The van der Waals surface area contributed by atoms with E-state index in [2.05, 4.69) is 241 Å². The average molecular weight is 714 g/mol. The van der Waals surface area contributed by atoms with E-state index in [1.807, 2.05) is 0 Å². The molecule has 0 N–H and O–H groups in total. The normalized spacial score (nSPS) is 12.4. The van der Waals surface area contributed by atoms with Gasteiger partial charge in [0, 0.05) is 16.9 Å². The molecule has 9 aromatic carbocycles. The number of rotatable bonds is 8. The Morgan fingerprint density at radius 3 is 1.36 bits per heavy atom. The van der Waals surface area contributed by atoms with Crippen molar-refractivity contribution in [1.82, 2.24) is 0 Å². The summed E-state index contributed by atoms with van der Waals surface area (Å²) in [6.45, 7) is 0. The summed E-state index contributed by atoms with van der Waals surface area (Å²) >= 11 is 0. The molecule has 0 aromatic heterocycles. The third-order valence-corrected chi connectivity index (χ3v) is 11.3. The van der Waals surface area contributed by atoms with Crippen LogP contribution >= 0.6 is 0 Å². The van der Waals surface area contributed by atoms with Gasteiger partial charge in [0.15, 0.2) is 0 Å². The number of hydrogen-bond acceptors (Lipinski definition) is 1. The zero-order chi connectivity index (χ0) is 37.3. The van der Waals surface area contributed by atoms with Gasteiger partial charge >= 0.3 is 0 Å². The predicted octanol–water partition coefficient (Wildman–Crippen LogP) is 14.5. The van der Waals surface area contributed by atoms with E-state index in [1.54, 1.807) is 0 Å². The summed E-state index contributed by atoms with van der Waals surface area (Å²) < 4.78 is 0. The van der Waals surface area contributed by atoms with Gasteiger partial charge in [-0.3, -0.25) is 0 Å². The molecule has 9 aromatic rings. The SMILES string of the molecule is c1ccc(-c2ccc(N(c3cccc(-c4ccccc4)c3)c3cc4c(cc3-c3ccccc3)-c3ccccc3C4(c3ccccc3)c3ccccc3)cc2)cc1. The molecular weight excluding hydrogens is 675 g/mol. The Balaban J connectivity index is 1.29. The van der Waals surface area contributed by atoms with Crippen LogP contribution in [0.5, 0.6) is 0 Å². The van der Waals surface area contributed by atoms with Gasteiger partial charge in [-0.05, 0) is 97.6 Å². The smallest absolute Gasteiger partial charge is 0.0714 e. The Morgan fingerprint density at radius 2 is 0.750 bits per heavy atom. The molecule has 1 aliphatic carbocycles. The third kappa shape index (κ3) is 5.65. The molecule has 56 heavy (non-hydrogen) atoms. The second kappa shape index (κ2) is 14.2. The second-order valence-electron chi connectivity index (χ2n) is 14.5. The van der Waals surface area contributed by atoms with E-state index in [4.69, 9.17) is 0 Å². The van der Waals surface area contributed by atoms with E-state index in [0.29, 0.717) is 0 Å². The van der Waals surface area contributed by atoms with Gasteiger partial charge in [0.2, 0.25) is 0 Å². The molecule has 0 saturated carbocycles. The van der Waals surface area contributed by atoms with Crippen molar-refractivity contribution >= 4 is 17.1 Å². The molecule has 264 valence electrons. The van der Waals surface area contributed by atoms with E-state index < -0.39 is 5.41 Å². The first kappa shape index (κ1) is 33.4. The van der Waals surface area contributed by atoms with E-state index >= 15 is 0 Å². The summed E-state index contributed by atoms with van der Waals surface area (Å²) in [4.78, 5) is 2.47. The summed E-state index contributed by atoms with van der Waals surface area (Å²) in [5.74, 6) is 0. The Bertz CT molecular complexity index is 2720. The summed E-state index contributed by atoms with van der Waals surface area (Å²) in [6, 6.07) is 86.3. The van der Waals surface area contributed by atoms with E-state index in [-0.39, 0.29) is 0 Å². The Kier molecular flexibility index (Phi) is 8.46. The van der Waals surface area contributed by atoms with Gasteiger partial charge in [0.25, 0.3) is 0 Å². The van der Waals surface area contributed by atoms with Crippen molar-refractivity contribution in [2.45, 2.75) is 5.41 Å². The van der Waals surface area contributed by atoms with Gasteiger partial charge in [-0.15, -0.1) is 0 Å². The van der Waals surface area contributed by atoms with Gasteiger partial charge in [0.05, 0.1) is 11.1 Å². The fraction of sp³-hybridized carbons (Fsp3) is 0.0182. The molecule has 0 saturated heterocycles. The van der Waals surface area contributed by atoms with Crippen LogP contribution in [0.25, 0.3) is 44.5 Å². The number of fused-ring (bicyclic) bond motifs is 3. The summed E-state index contributed by atoms with van der Waals surface area (Å²) in [5, 5.41) is 0.